The van der Waals surface area contributed by atoms with E-state index in [0.29, 0.717) is 34.6 Å². The molecule has 6 nitrogen and oxygen atoms in total. The first-order chi connectivity index (χ1) is 13.1. The largest absolute Gasteiger partial charge is 0.455 e. The number of carbonyl (C=O) groups is 1. The van der Waals surface area contributed by atoms with E-state index in [9.17, 15) is 4.79 Å². The molecule has 0 aliphatic heterocycles. The minimum absolute atomic E-state index is 0.297. The molecular formula is C21H22N4O2. The van der Waals surface area contributed by atoms with Crippen molar-refractivity contribution < 1.29 is 9.53 Å². The van der Waals surface area contributed by atoms with E-state index < -0.39 is 0 Å². The molecule has 0 saturated carbocycles. The molecule has 2 N–H and O–H groups in total. The van der Waals surface area contributed by atoms with E-state index in [4.69, 9.17) is 4.74 Å². The van der Waals surface area contributed by atoms with Gasteiger partial charge < -0.3 is 15.4 Å². The number of rotatable bonds is 7. The molecule has 0 radical (unpaired) electrons. The smallest absolute Gasteiger partial charge is 0.258 e. The number of carbonyl (C=O) groups excluding carboxylic acids is 1. The van der Waals surface area contributed by atoms with Gasteiger partial charge in [0.25, 0.3) is 5.91 Å². The number of para-hydroxylation sites is 3. The van der Waals surface area contributed by atoms with Crippen LogP contribution in [-0.4, -0.2) is 22.4 Å². The fourth-order valence-corrected chi connectivity index (χ4v) is 2.30. The maximum Gasteiger partial charge on any atom is 0.258 e. The predicted molar refractivity (Wildman–Crippen MR) is 106 cm³/mol. The quantitative estimate of drug-likeness (QED) is 0.643. The standard InChI is InChI=1S/C21H22N4O2/c1-15(2)12-22-21-23-13-16(14-24-21)20(26)25-18-10-6-7-11-19(18)27-17-8-4-3-5-9-17/h3-11,13-15H,12H2,1-2H3,(H,25,26)(H,22,23,24). The van der Waals surface area contributed by atoms with Crippen LogP contribution in [0.3, 0.4) is 0 Å². The van der Waals surface area contributed by atoms with E-state index in [-0.39, 0.29) is 5.91 Å². The summed E-state index contributed by atoms with van der Waals surface area (Å²) in [5.41, 5.74) is 0.952. The Labute approximate surface area is 158 Å². The van der Waals surface area contributed by atoms with Crippen LogP contribution < -0.4 is 15.4 Å². The molecule has 138 valence electrons. The van der Waals surface area contributed by atoms with Crippen LogP contribution in [0.2, 0.25) is 0 Å². The first kappa shape index (κ1) is 18.4. The van der Waals surface area contributed by atoms with Gasteiger partial charge in [-0.2, -0.15) is 0 Å². The molecule has 1 aromatic heterocycles. The number of hydrogen-bond donors (Lipinski definition) is 2. The van der Waals surface area contributed by atoms with Gasteiger partial charge in [-0.15, -0.1) is 0 Å². The molecule has 2 aromatic carbocycles. The van der Waals surface area contributed by atoms with Crippen LogP contribution in [0.5, 0.6) is 11.5 Å². The molecule has 1 heterocycles. The van der Waals surface area contributed by atoms with Gasteiger partial charge >= 0.3 is 0 Å². The first-order valence-electron chi connectivity index (χ1n) is 8.81. The number of nitrogens with zero attached hydrogens (tertiary/aromatic N) is 2. The highest BCUT2D eigenvalue weighted by atomic mass is 16.5. The van der Waals surface area contributed by atoms with Crippen molar-refractivity contribution in [3.05, 3.63) is 72.6 Å². The second-order valence-corrected chi connectivity index (χ2v) is 6.44. The van der Waals surface area contributed by atoms with E-state index >= 15 is 0 Å². The van der Waals surface area contributed by atoms with Crippen molar-refractivity contribution in [3.63, 3.8) is 0 Å². The number of anilines is 2. The number of benzene rings is 2. The van der Waals surface area contributed by atoms with Crippen LogP contribution in [-0.2, 0) is 0 Å². The first-order valence-corrected chi connectivity index (χ1v) is 8.81. The van der Waals surface area contributed by atoms with Gasteiger partial charge in [0.05, 0.1) is 11.3 Å². The summed E-state index contributed by atoms with van der Waals surface area (Å²) >= 11 is 0. The van der Waals surface area contributed by atoms with Crippen molar-refractivity contribution in [1.29, 1.82) is 0 Å². The minimum Gasteiger partial charge on any atom is -0.455 e. The Bertz CT molecular complexity index is 880. The third-order valence-corrected chi connectivity index (χ3v) is 3.69. The van der Waals surface area contributed by atoms with Gasteiger partial charge in [0.1, 0.15) is 5.75 Å². The average Bonchev–Trinajstić information content (AvgIpc) is 2.69. The van der Waals surface area contributed by atoms with Crippen molar-refractivity contribution in [2.45, 2.75) is 13.8 Å². The lowest BCUT2D eigenvalue weighted by Gasteiger charge is -2.12. The zero-order valence-electron chi connectivity index (χ0n) is 15.3. The highest BCUT2D eigenvalue weighted by Crippen LogP contribution is 2.29. The van der Waals surface area contributed by atoms with Crippen molar-refractivity contribution in [2.24, 2.45) is 5.92 Å². The fraction of sp³-hybridized carbons (Fsp3) is 0.190. The molecule has 0 saturated heterocycles. The molecule has 0 fully saturated rings. The molecule has 1 amide bonds. The summed E-state index contributed by atoms with van der Waals surface area (Å²) in [6.07, 6.45) is 3.01. The third-order valence-electron chi connectivity index (χ3n) is 3.69. The van der Waals surface area contributed by atoms with Crippen LogP contribution in [0, 0.1) is 5.92 Å². The van der Waals surface area contributed by atoms with E-state index in [1.807, 2.05) is 42.5 Å². The molecule has 27 heavy (non-hydrogen) atoms. The lowest BCUT2D eigenvalue weighted by molar-refractivity contribution is 0.102. The SMILES string of the molecule is CC(C)CNc1ncc(C(=O)Nc2ccccc2Oc2ccccc2)cn1. The Hall–Kier alpha value is -3.41. The summed E-state index contributed by atoms with van der Waals surface area (Å²) < 4.78 is 5.86. The van der Waals surface area contributed by atoms with E-state index in [0.717, 1.165) is 6.54 Å². The maximum atomic E-state index is 12.5. The molecule has 0 aliphatic carbocycles. The summed E-state index contributed by atoms with van der Waals surface area (Å²) in [6, 6.07) is 16.7. The lowest BCUT2D eigenvalue weighted by atomic mass is 10.2. The van der Waals surface area contributed by atoms with Gasteiger partial charge in [-0.05, 0) is 30.2 Å². The van der Waals surface area contributed by atoms with Crippen LogP contribution in [0.4, 0.5) is 11.6 Å². The topological polar surface area (TPSA) is 76.1 Å². The molecule has 0 atom stereocenters. The molecule has 0 unspecified atom stereocenters. The predicted octanol–water partition coefficient (Wildman–Crippen LogP) is 4.59. The zero-order chi connectivity index (χ0) is 19.1. The average molecular weight is 362 g/mol. The molecule has 3 rings (SSSR count). The molecule has 0 bridgehead atoms. The number of amides is 1. The zero-order valence-corrected chi connectivity index (χ0v) is 15.3. The second-order valence-electron chi connectivity index (χ2n) is 6.44. The number of ether oxygens (including phenoxy) is 1. The van der Waals surface area contributed by atoms with Crippen molar-refractivity contribution in [3.8, 4) is 11.5 Å². The minimum atomic E-state index is -0.297. The van der Waals surface area contributed by atoms with Gasteiger partial charge in [-0.3, -0.25) is 4.79 Å². The monoisotopic (exact) mass is 362 g/mol. The number of aromatic nitrogens is 2. The Morgan fingerprint density at radius 1 is 1.00 bits per heavy atom. The van der Waals surface area contributed by atoms with Gasteiger partial charge in [-0.1, -0.05) is 44.2 Å². The third kappa shape index (κ3) is 5.28. The second kappa shape index (κ2) is 8.80. The lowest BCUT2D eigenvalue weighted by Crippen LogP contribution is -2.15. The molecule has 0 aliphatic rings. The Kier molecular flexibility index (Phi) is 5.99. The van der Waals surface area contributed by atoms with E-state index in [1.54, 1.807) is 12.1 Å². The number of nitrogens with one attached hydrogen (secondary N) is 2. The van der Waals surface area contributed by atoms with Crippen molar-refractivity contribution in [2.75, 3.05) is 17.2 Å². The van der Waals surface area contributed by atoms with E-state index in [2.05, 4.69) is 34.4 Å². The normalized spacial score (nSPS) is 10.5. The Morgan fingerprint density at radius 3 is 2.37 bits per heavy atom. The molecular weight excluding hydrogens is 340 g/mol. The highest BCUT2D eigenvalue weighted by molar-refractivity contribution is 6.04. The van der Waals surface area contributed by atoms with Crippen molar-refractivity contribution >= 4 is 17.5 Å². The summed E-state index contributed by atoms with van der Waals surface area (Å²) in [7, 11) is 0. The van der Waals surface area contributed by atoms with Crippen molar-refractivity contribution in [1.82, 2.24) is 9.97 Å². The summed E-state index contributed by atoms with van der Waals surface area (Å²) in [6.45, 7) is 4.98. The molecule has 3 aromatic rings. The van der Waals surface area contributed by atoms with Gasteiger partial charge in [0.2, 0.25) is 5.95 Å². The summed E-state index contributed by atoms with van der Waals surface area (Å²) in [5, 5.41) is 5.97. The van der Waals surface area contributed by atoms with Crippen LogP contribution in [0.15, 0.2) is 67.0 Å². The van der Waals surface area contributed by atoms with Gasteiger partial charge in [0.15, 0.2) is 5.75 Å². The molecule has 6 heteroatoms. The summed E-state index contributed by atoms with van der Waals surface area (Å²) in [4.78, 5) is 20.9. The van der Waals surface area contributed by atoms with E-state index in [1.165, 1.54) is 12.4 Å². The Balaban J connectivity index is 1.69. The van der Waals surface area contributed by atoms with Crippen LogP contribution in [0.25, 0.3) is 0 Å². The summed E-state index contributed by atoms with van der Waals surface area (Å²) in [5.74, 6) is 1.96. The fourth-order valence-electron chi connectivity index (χ4n) is 2.30. The van der Waals surface area contributed by atoms with Crippen LogP contribution in [0.1, 0.15) is 24.2 Å². The Morgan fingerprint density at radius 2 is 1.67 bits per heavy atom. The van der Waals surface area contributed by atoms with Gasteiger partial charge in [0, 0.05) is 18.9 Å². The highest BCUT2D eigenvalue weighted by Gasteiger charge is 2.11. The maximum absolute atomic E-state index is 12.5. The van der Waals surface area contributed by atoms with Gasteiger partial charge in [-0.25, -0.2) is 9.97 Å². The van der Waals surface area contributed by atoms with Crippen LogP contribution >= 0.6 is 0 Å². The number of hydrogen-bond acceptors (Lipinski definition) is 5. The molecule has 0 spiro atoms.